The van der Waals surface area contributed by atoms with Gasteiger partial charge < -0.3 is 14.7 Å². The van der Waals surface area contributed by atoms with Gasteiger partial charge in [-0.05, 0) is 20.3 Å². The van der Waals surface area contributed by atoms with Crippen LogP contribution in [0.2, 0.25) is 0 Å². The monoisotopic (exact) mass is 295 g/mol. The minimum atomic E-state index is -0.371. The number of nitrogens with zero attached hydrogens (tertiary/aromatic N) is 2. The van der Waals surface area contributed by atoms with Crippen molar-refractivity contribution in [3.63, 3.8) is 0 Å². The van der Waals surface area contributed by atoms with Crippen LogP contribution < -0.4 is 5.32 Å². The highest BCUT2D eigenvalue weighted by molar-refractivity contribution is 8.01. The molecule has 2 amide bonds. The van der Waals surface area contributed by atoms with Crippen molar-refractivity contribution in [3.8, 4) is 0 Å². The molecule has 1 N–H and O–H groups in total. The SMILES string of the molecule is Cc1cc(CNC(=O)[C@@H]2CS[C@]3(C)CCC(=O)N23)on1. The Hall–Kier alpha value is -1.50. The van der Waals surface area contributed by atoms with Crippen LogP contribution in [-0.4, -0.2) is 38.5 Å². The third-order valence-corrected chi connectivity index (χ3v) is 5.37. The van der Waals surface area contributed by atoms with Gasteiger partial charge in [0.1, 0.15) is 6.04 Å². The number of aryl methyl sites for hydroxylation is 1. The lowest BCUT2D eigenvalue weighted by Gasteiger charge is -2.29. The molecule has 3 heterocycles. The summed E-state index contributed by atoms with van der Waals surface area (Å²) in [5.74, 6) is 1.24. The summed E-state index contributed by atoms with van der Waals surface area (Å²) < 4.78 is 5.05. The van der Waals surface area contributed by atoms with Gasteiger partial charge in [-0.25, -0.2) is 0 Å². The Labute approximate surface area is 121 Å². The number of rotatable bonds is 3. The standard InChI is InChI=1S/C13H17N3O3S/c1-8-5-9(19-15-8)6-14-12(18)10-7-20-13(2)4-3-11(17)16(10)13/h5,10H,3-4,6-7H2,1-2H3,(H,14,18)/t10-,13+/m0/s1. The number of aromatic nitrogens is 1. The number of carbonyl (C=O) groups is 2. The Kier molecular flexibility index (Phi) is 3.24. The van der Waals surface area contributed by atoms with E-state index in [9.17, 15) is 9.59 Å². The van der Waals surface area contributed by atoms with Crippen LogP contribution in [0.1, 0.15) is 31.2 Å². The van der Waals surface area contributed by atoms with Crippen LogP contribution in [0.4, 0.5) is 0 Å². The number of carbonyl (C=O) groups excluding carboxylic acids is 2. The normalized spacial score (nSPS) is 28.8. The van der Waals surface area contributed by atoms with E-state index in [1.165, 1.54) is 0 Å². The fourth-order valence-electron chi connectivity index (χ4n) is 2.81. The largest absolute Gasteiger partial charge is 0.359 e. The van der Waals surface area contributed by atoms with Crippen molar-refractivity contribution >= 4 is 23.6 Å². The van der Waals surface area contributed by atoms with E-state index in [0.29, 0.717) is 24.5 Å². The molecule has 3 rings (SSSR count). The van der Waals surface area contributed by atoms with Crippen molar-refractivity contribution in [2.75, 3.05) is 5.75 Å². The van der Waals surface area contributed by atoms with Gasteiger partial charge in [-0.2, -0.15) is 0 Å². The van der Waals surface area contributed by atoms with Gasteiger partial charge in [0.15, 0.2) is 5.76 Å². The molecule has 2 aliphatic rings. The predicted molar refractivity (Wildman–Crippen MR) is 73.8 cm³/mol. The highest BCUT2D eigenvalue weighted by Gasteiger charge is 2.52. The van der Waals surface area contributed by atoms with Crippen LogP contribution in [0, 0.1) is 6.92 Å². The lowest BCUT2D eigenvalue weighted by Crippen LogP contribution is -2.49. The van der Waals surface area contributed by atoms with Crippen LogP contribution >= 0.6 is 11.8 Å². The minimum absolute atomic E-state index is 0.0770. The van der Waals surface area contributed by atoms with E-state index in [4.69, 9.17) is 4.52 Å². The molecule has 1 aromatic heterocycles. The minimum Gasteiger partial charge on any atom is -0.359 e. The van der Waals surface area contributed by atoms with E-state index >= 15 is 0 Å². The van der Waals surface area contributed by atoms with Crippen LogP contribution in [0.25, 0.3) is 0 Å². The van der Waals surface area contributed by atoms with Crippen molar-refractivity contribution in [1.29, 1.82) is 0 Å². The van der Waals surface area contributed by atoms with Crippen LogP contribution in [-0.2, 0) is 16.1 Å². The summed E-state index contributed by atoms with van der Waals surface area (Å²) in [7, 11) is 0. The van der Waals surface area contributed by atoms with Gasteiger partial charge in [0, 0.05) is 18.2 Å². The fraction of sp³-hybridized carbons (Fsp3) is 0.615. The summed E-state index contributed by atoms with van der Waals surface area (Å²) in [6, 6.07) is 1.42. The molecule has 0 aromatic carbocycles. The van der Waals surface area contributed by atoms with Gasteiger partial charge >= 0.3 is 0 Å². The maximum absolute atomic E-state index is 12.3. The van der Waals surface area contributed by atoms with E-state index in [-0.39, 0.29) is 22.7 Å². The average Bonchev–Trinajstić information content (AvgIpc) is 3.04. The molecule has 0 spiro atoms. The van der Waals surface area contributed by atoms with Crippen LogP contribution in [0.3, 0.4) is 0 Å². The molecule has 2 fully saturated rings. The smallest absolute Gasteiger partial charge is 0.244 e. The van der Waals surface area contributed by atoms with Crippen molar-refractivity contribution < 1.29 is 14.1 Å². The van der Waals surface area contributed by atoms with Crippen molar-refractivity contribution in [1.82, 2.24) is 15.4 Å². The molecular weight excluding hydrogens is 278 g/mol. The van der Waals surface area contributed by atoms with Gasteiger partial charge in [-0.15, -0.1) is 11.8 Å². The van der Waals surface area contributed by atoms with Crippen molar-refractivity contribution in [2.45, 2.75) is 44.1 Å². The predicted octanol–water partition coefficient (Wildman–Crippen LogP) is 1.05. The molecule has 0 bridgehead atoms. The molecule has 2 aliphatic heterocycles. The molecule has 108 valence electrons. The second kappa shape index (κ2) is 4.80. The Balaban J connectivity index is 1.64. The molecule has 6 nitrogen and oxygen atoms in total. The zero-order valence-electron chi connectivity index (χ0n) is 11.5. The molecule has 0 unspecified atom stereocenters. The first-order valence-electron chi connectivity index (χ1n) is 6.66. The number of hydrogen-bond acceptors (Lipinski definition) is 5. The van der Waals surface area contributed by atoms with E-state index in [1.807, 2.05) is 13.8 Å². The third kappa shape index (κ3) is 2.19. The summed E-state index contributed by atoms with van der Waals surface area (Å²) in [6.45, 7) is 4.17. The summed E-state index contributed by atoms with van der Waals surface area (Å²) >= 11 is 1.69. The molecule has 1 aromatic rings. The van der Waals surface area contributed by atoms with Crippen molar-refractivity contribution in [2.24, 2.45) is 0 Å². The Morgan fingerprint density at radius 1 is 1.70 bits per heavy atom. The van der Waals surface area contributed by atoms with Gasteiger partial charge in [-0.1, -0.05) is 5.16 Å². The molecule has 7 heteroatoms. The first-order valence-corrected chi connectivity index (χ1v) is 7.64. The van der Waals surface area contributed by atoms with Gasteiger partial charge in [-0.3, -0.25) is 9.59 Å². The second-order valence-electron chi connectivity index (χ2n) is 5.42. The highest BCUT2D eigenvalue weighted by Crippen LogP contribution is 2.47. The summed E-state index contributed by atoms with van der Waals surface area (Å²) in [6.07, 6.45) is 1.36. The molecular formula is C13H17N3O3S. The Morgan fingerprint density at radius 3 is 3.20 bits per heavy atom. The van der Waals surface area contributed by atoms with Gasteiger partial charge in [0.05, 0.1) is 17.1 Å². The van der Waals surface area contributed by atoms with E-state index in [0.717, 1.165) is 12.1 Å². The van der Waals surface area contributed by atoms with E-state index in [1.54, 1.807) is 22.7 Å². The summed E-state index contributed by atoms with van der Waals surface area (Å²) in [5.41, 5.74) is 0.785. The lowest BCUT2D eigenvalue weighted by molar-refractivity contribution is -0.138. The molecule has 20 heavy (non-hydrogen) atoms. The van der Waals surface area contributed by atoms with Crippen LogP contribution in [0.15, 0.2) is 10.6 Å². The number of nitrogens with one attached hydrogen (secondary N) is 1. The van der Waals surface area contributed by atoms with E-state index < -0.39 is 0 Å². The molecule has 2 saturated heterocycles. The summed E-state index contributed by atoms with van der Waals surface area (Å²) in [4.78, 5) is 25.8. The zero-order valence-corrected chi connectivity index (χ0v) is 12.3. The second-order valence-corrected chi connectivity index (χ2v) is 6.92. The number of amides is 2. The molecule has 2 atom stereocenters. The quantitative estimate of drug-likeness (QED) is 0.902. The lowest BCUT2D eigenvalue weighted by atomic mass is 10.2. The first kappa shape index (κ1) is 13.5. The Morgan fingerprint density at radius 2 is 2.50 bits per heavy atom. The van der Waals surface area contributed by atoms with Gasteiger partial charge in [0.25, 0.3) is 0 Å². The highest BCUT2D eigenvalue weighted by atomic mass is 32.2. The third-order valence-electron chi connectivity index (χ3n) is 3.86. The number of hydrogen-bond donors (Lipinski definition) is 1. The Bertz CT molecular complexity index is 559. The maximum atomic E-state index is 12.3. The first-order chi connectivity index (χ1) is 9.49. The average molecular weight is 295 g/mol. The van der Waals surface area contributed by atoms with Gasteiger partial charge in [0.2, 0.25) is 11.8 Å². The fourth-order valence-corrected chi connectivity index (χ4v) is 4.24. The number of fused-ring (bicyclic) bond motifs is 1. The molecule has 0 aliphatic carbocycles. The van der Waals surface area contributed by atoms with E-state index in [2.05, 4.69) is 10.5 Å². The molecule has 0 radical (unpaired) electrons. The number of thioether (sulfide) groups is 1. The molecule has 0 saturated carbocycles. The van der Waals surface area contributed by atoms with Crippen LogP contribution in [0.5, 0.6) is 0 Å². The maximum Gasteiger partial charge on any atom is 0.244 e. The zero-order chi connectivity index (χ0) is 14.3. The van der Waals surface area contributed by atoms with Crippen molar-refractivity contribution in [3.05, 3.63) is 17.5 Å². The topological polar surface area (TPSA) is 75.4 Å². The summed E-state index contributed by atoms with van der Waals surface area (Å²) in [5, 5.41) is 6.60.